The van der Waals surface area contributed by atoms with Gasteiger partial charge in [0.05, 0.1) is 12.9 Å². The predicted molar refractivity (Wildman–Crippen MR) is 71.9 cm³/mol. The summed E-state index contributed by atoms with van der Waals surface area (Å²) in [6.45, 7) is 0.318. The lowest BCUT2D eigenvalue weighted by Gasteiger charge is -2.31. The normalized spacial score (nSPS) is 24.9. The zero-order valence-corrected chi connectivity index (χ0v) is 11.5. The lowest BCUT2D eigenvalue weighted by Crippen LogP contribution is -2.23. The molecule has 2 rings (SSSR count). The second kappa shape index (κ2) is 5.85. The second-order valence-corrected chi connectivity index (χ2v) is 6.69. The summed E-state index contributed by atoms with van der Waals surface area (Å²) in [7, 11) is -3.33. The van der Waals surface area contributed by atoms with E-state index in [9.17, 15) is 8.42 Å². The third kappa shape index (κ3) is 3.82. The molecule has 1 saturated carbocycles. The van der Waals surface area contributed by atoms with Gasteiger partial charge in [-0.15, -0.1) is 0 Å². The topological polar surface area (TPSA) is 43.4 Å². The van der Waals surface area contributed by atoms with E-state index in [1.54, 1.807) is 0 Å². The van der Waals surface area contributed by atoms with Gasteiger partial charge in [0.1, 0.15) is 0 Å². The molecule has 0 aliphatic heterocycles. The van der Waals surface area contributed by atoms with Crippen molar-refractivity contribution in [2.24, 2.45) is 5.92 Å². The van der Waals surface area contributed by atoms with Crippen LogP contribution in [0, 0.1) is 5.92 Å². The molecule has 0 radical (unpaired) electrons. The lowest BCUT2D eigenvalue weighted by molar-refractivity contribution is 0.192. The van der Waals surface area contributed by atoms with Crippen LogP contribution in [-0.4, -0.2) is 21.3 Å². The van der Waals surface area contributed by atoms with Gasteiger partial charge in [-0.1, -0.05) is 43.2 Å². The summed E-state index contributed by atoms with van der Waals surface area (Å²) in [5.74, 6) is 0.748. The fraction of sp³-hybridized carbons (Fsp3) is 0.571. The first kappa shape index (κ1) is 13.6. The van der Waals surface area contributed by atoms with Gasteiger partial charge in [0.2, 0.25) is 0 Å². The summed E-state index contributed by atoms with van der Waals surface area (Å²) in [6, 6.07) is 10.3. The van der Waals surface area contributed by atoms with Crippen LogP contribution >= 0.6 is 0 Å². The smallest absolute Gasteiger partial charge is 0.264 e. The van der Waals surface area contributed by atoms with Crippen LogP contribution in [0.1, 0.15) is 37.2 Å². The van der Waals surface area contributed by atoms with E-state index in [0.29, 0.717) is 18.4 Å². The number of rotatable bonds is 4. The first-order valence-electron chi connectivity index (χ1n) is 6.45. The summed E-state index contributed by atoms with van der Waals surface area (Å²) >= 11 is 0. The van der Waals surface area contributed by atoms with Crippen LogP contribution in [0.2, 0.25) is 0 Å². The van der Waals surface area contributed by atoms with Crippen molar-refractivity contribution in [2.75, 3.05) is 12.9 Å². The monoisotopic (exact) mass is 268 g/mol. The van der Waals surface area contributed by atoms with E-state index < -0.39 is 10.1 Å². The Morgan fingerprint density at radius 1 is 1.17 bits per heavy atom. The van der Waals surface area contributed by atoms with Crippen molar-refractivity contribution in [2.45, 2.75) is 31.6 Å². The molecule has 1 aromatic rings. The predicted octanol–water partition coefficient (Wildman–Crippen LogP) is 2.94. The summed E-state index contributed by atoms with van der Waals surface area (Å²) in [5, 5.41) is 0. The Balaban J connectivity index is 2.07. The highest BCUT2D eigenvalue weighted by Crippen LogP contribution is 2.37. The maximum absolute atomic E-state index is 11.1. The highest BCUT2D eigenvalue weighted by molar-refractivity contribution is 7.85. The molecule has 100 valence electrons. The van der Waals surface area contributed by atoms with Gasteiger partial charge in [-0.3, -0.25) is 4.18 Å². The molecule has 1 aromatic carbocycles. The van der Waals surface area contributed by atoms with Crippen molar-refractivity contribution in [1.29, 1.82) is 0 Å². The van der Waals surface area contributed by atoms with Crippen LogP contribution in [0.3, 0.4) is 0 Å². The molecule has 0 amide bonds. The molecular formula is C14H20O3S. The third-order valence-electron chi connectivity index (χ3n) is 3.63. The maximum atomic E-state index is 11.1. The molecular weight excluding hydrogens is 248 g/mol. The standard InChI is InChI=1S/C14H20O3S/c1-18(15,16)17-11-13-9-5-6-10-14(13)12-7-3-2-4-8-12/h2-4,7-8,13-14H,5-6,9-11H2,1H3. The molecule has 0 bridgehead atoms. The van der Waals surface area contributed by atoms with Crippen LogP contribution in [0.5, 0.6) is 0 Å². The molecule has 2 unspecified atom stereocenters. The first-order valence-corrected chi connectivity index (χ1v) is 8.27. The Labute approximate surface area is 109 Å². The minimum atomic E-state index is -3.33. The van der Waals surface area contributed by atoms with Gasteiger partial charge in [-0.2, -0.15) is 8.42 Å². The van der Waals surface area contributed by atoms with E-state index >= 15 is 0 Å². The van der Waals surface area contributed by atoms with Gasteiger partial charge in [-0.25, -0.2) is 0 Å². The third-order valence-corrected chi connectivity index (χ3v) is 4.20. The Kier molecular flexibility index (Phi) is 4.40. The summed E-state index contributed by atoms with van der Waals surface area (Å²) in [5.41, 5.74) is 1.30. The second-order valence-electron chi connectivity index (χ2n) is 5.05. The van der Waals surface area contributed by atoms with Crippen molar-refractivity contribution in [3.8, 4) is 0 Å². The van der Waals surface area contributed by atoms with Crippen molar-refractivity contribution in [3.05, 3.63) is 35.9 Å². The van der Waals surface area contributed by atoms with Crippen LogP contribution in [0.15, 0.2) is 30.3 Å². The highest BCUT2D eigenvalue weighted by atomic mass is 32.2. The molecule has 0 heterocycles. The molecule has 2 atom stereocenters. The fourth-order valence-electron chi connectivity index (χ4n) is 2.76. The van der Waals surface area contributed by atoms with E-state index in [1.165, 1.54) is 18.4 Å². The van der Waals surface area contributed by atoms with Crippen molar-refractivity contribution < 1.29 is 12.6 Å². The van der Waals surface area contributed by atoms with Gasteiger partial charge in [0.25, 0.3) is 10.1 Å². The van der Waals surface area contributed by atoms with Crippen LogP contribution in [0.25, 0.3) is 0 Å². The van der Waals surface area contributed by atoms with Gasteiger partial charge < -0.3 is 0 Å². The molecule has 1 fully saturated rings. The van der Waals surface area contributed by atoms with Crippen molar-refractivity contribution >= 4 is 10.1 Å². The number of hydrogen-bond acceptors (Lipinski definition) is 3. The van der Waals surface area contributed by atoms with Crippen LogP contribution < -0.4 is 0 Å². The molecule has 0 spiro atoms. The average Bonchev–Trinajstić information content (AvgIpc) is 2.37. The van der Waals surface area contributed by atoms with Crippen molar-refractivity contribution in [1.82, 2.24) is 0 Å². The Morgan fingerprint density at radius 3 is 2.50 bits per heavy atom. The van der Waals surface area contributed by atoms with E-state index in [4.69, 9.17) is 4.18 Å². The zero-order valence-electron chi connectivity index (χ0n) is 10.7. The quantitative estimate of drug-likeness (QED) is 0.789. The van der Waals surface area contributed by atoms with Gasteiger partial charge in [0.15, 0.2) is 0 Å². The fourth-order valence-corrected chi connectivity index (χ4v) is 3.18. The van der Waals surface area contributed by atoms with E-state index in [0.717, 1.165) is 19.1 Å². The molecule has 0 N–H and O–H groups in total. The zero-order chi connectivity index (χ0) is 13.0. The Hall–Kier alpha value is -0.870. The number of hydrogen-bond donors (Lipinski definition) is 0. The molecule has 4 heteroatoms. The molecule has 18 heavy (non-hydrogen) atoms. The average molecular weight is 268 g/mol. The lowest BCUT2D eigenvalue weighted by atomic mass is 9.76. The Morgan fingerprint density at radius 2 is 1.83 bits per heavy atom. The van der Waals surface area contributed by atoms with Crippen molar-refractivity contribution in [3.63, 3.8) is 0 Å². The first-order chi connectivity index (χ1) is 8.56. The summed E-state index contributed by atoms with van der Waals surface area (Å²) < 4.78 is 27.2. The van der Waals surface area contributed by atoms with Gasteiger partial charge >= 0.3 is 0 Å². The highest BCUT2D eigenvalue weighted by Gasteiger charge is 2.27. The molecule has 0 aromatic heterocycles. The van der Waals surface area contributed by atoms with E-state index in [-0.39, 0.29) is 0 Å². The van der Waals surface area contributed by atoms with Crippen LogP contribution in [-0.2, 0) is 14.3 Å². The number of benzene rings is 1. The maximum Gasteiger partial charge on any atom is 0.264 e. The summed E-state index contributed by atoms with van der Waals surface area (Å²) in [6.07, 6.45) is 5.68. The molecule has 1 aliphatic rings. The molecule has 1 aliphatic carbocycles. The van der Waals surface area contributed by atoms with Gasteiger partial charge in [0, 0.05) is 0 Å². The minimum absolute atomic E-state index is 0.316. The largest absolute Gasteiger partial charge is 0.270 e. The summed E-state index contributed by atoms with van der Waals surface area (Å²) in [4.78, 5) is 0. The van der Waals surface area contributed by atoms with E-state index in [2.05, 4.69) is 12.1 Å². The van der Waals surface area contributed by atoms with E-state index in [1.807, 2.05) is 18.2 Å². The van der Waals surface area contributed by atoms with Crippen LogP contribution in [0.4, 0.5) is 0 Å². The van der Waals surface area contributed by atoms with Gasteiger partial charge in [-0.05, 0) is 30.2 Å². The molecule has 0 saturated heterocycles. The Bertz CT molecular complexity index is 467. The molecule has 3 nitrogen and oxygen atoms in total. The SMILES string of the molecule is CS(=O)(=O)OCC1CCCCC1c1ccccc1. The minimum Gasteiger partial charge on any atom is -0.270 e.